The fourth-order valence-corrected chi connectivity index (χ4v) is 6.70. The summed E-state index contributed by atoms with van der Waals surface area (Å²) < 4.78 is 7.93. The van der Waals surface area contributed by atoms with Gasteiger partial charge in [0.2, 0.25) is 16.9 Å². The van der Waals surface area contributed by atoms with Crippen LogP contribution in [0.2, 0.25) is 0 Å². The van der Waals surface area contributed by atoms with Gasteiger partial charge in [-0.1, -0.05) is 52.2 Å². The summed E-state index contributed by atoms with van der Waals surface area (Å²) in [6.45, 7) is 17.1. The number of carbonyl (C=O) groups is 1. The van der Waals surface area contributed by atoms with E-state index in [4.69, 9.17) is 4.74 Å². The number of allylic oxidation sites excluding steroid dienone is 3. The van der Waals surface area contributed by atoms with Gasteiger partial charge < -0.3 is 14.7 Å². The van der Waals surface area contributed by atoms with Gasteiger partial charge in [-0.2, -0.15) is 4.58 Å². The zero-order valence-electron chi connectivity index (χ0n) is 29.0. The van der Waals surface area contributed by atoms with Crippen LogP contribution in [0.3, 0.4) is 0 Å². The van der Waals surface area contributed by atoms with Crippen LogP contribution in [-0.2, 0) is 10.2 Å². The minimum absolute atomic E-state index is 0.0196. The SMILES string of the molecule is CCCCN(CCCC)c1ccc(C2=C(O)/C(=C\C3=[N+](CCCC)c4ccc(-c5c(OC(C)C)c(=O)c5=O)cc4C3(C)C)C2=O)cc1. The molecule has 7 nitrogen and oxygen atoms in total. The summed E-state index contributed by atoms with van der Waals surface area (Å²) in [6, 6.07) is 13.8. The molecule has 0 fully saturated rings. The monoisotopic (exact) mass is 637 g/mol. The first kappa shape index (κ1) is 34.1. The van der Waals surface area contributed by atoms with Gasteiger partial charge in [-0.15, -0.1) is 0 Å². The van der Waals surface area contributed by atoms with Crippen LogP contribution in [0.4, 0.5) is 11.4 Å². The first-order valence-corrected chi connectivity index (χ1v) is 17.3. The average molecular weight is 638 g/mol. The number of hydrogen-bond donors (Lipinski definition) is 1. The van der Waals surface area contributed by atoms with E-state index in [0.29, 0.717) is 22.3 Å². The Morgan fingerprint density at radius 1 is 0.872 bits per heavy atom. The third kappa shape index (κ3) is 6.24. The van der Waals surface area contributed by atoms with Crippen molar-refractivity contribution in [3.8, 4) is 16.9 Å². The molecular formula is C40H49N2O5+. The highest BCUT2D eigenvalue weighted by Gasteiger charge is 2.47. The molecule has 248 valence electrons. The van der Waals surface area contributed by atoms with Crippen LogP contribution in [0.1, 0.15) is 98.1 Å². The first-order chi connectivity index (χ1) is 22.5. The molecule has 0 bridgehead atoms. The molecule has 0 saturated heterocycles. The van der Waals surface area contributed by atoms with Crippen LogP contribution in [0, 0.1) is 0 Å². The second-order valence-electron chi connectivity index (χ2n) is 13.6. The maximum Gasteiger partial charge on any atom is 0.268 e. The van der Waals surface area contributed by atoms with E-state index in [2.05, 4.69) is 56.2 Å². The highest BCUT2D eigenvalue weighted by molar-refractivity contribution is 6.40. The predicted octanol–water partition coefficient (Wildman–Crippen LogP) is 7.80. The summed E-state index contributed by atoms with van der Waals surface area (Å²) in [5.74, 6) is -0.0231. The number of Topliss-reactive ketones (excluding diaryl/α,β-unsaturated/α-hetero) is 1. The summed E-state index contributed by atoms with van der Waals surface area (Å²) in [6.07, 6.45) is 8.07. The molecular weight excluding hydrogens is 588 g/mol. The number of fused-ring (bicyclic) bond motifs is 1. The van der Waals surface area contributed by atoms with Crippen molar-refractivity contribution in [3.63, 3.8) is 0 Å². The standard InChI is InChI=1S/C40H48N2O5/c1-8-11-20-41(21-12-9-2)28-17-14-26(15-18-28)33-35(43)29(36(33)44)24-32-40(6,7)30-23-27(16-19-31(30)42(32)22-13-10-3)34-37(45)38(46)39(34)47-25(4)5/h14-19,23-25H,8-13,20-22H2,1-7H3/p+1. The fourth-order valence-electron chi connectivity index (χ4n) is 6.70. The van der Waals surface area contributed by atoms with Crippen molar-refractivity contribution < 1.29 is 19.2 Å². The van der Waals surface area contributed by atoms with Gasteiger partial charge in [-0.05, 0) is 75.9 Å². The van der Waals surface area contributed by atoms with Gasteiger partial charge in [0.15, 0.2) is 11.5 Å². The molecule has 0 saturated carbocycles. The summed E-state index contributed by atoms with van der Waals surface area (Å²) >= 11 is 0. The summed E-state index contributed by atoms with van der Waals surface area (Å²) in [5.41, 5.74) is 4.72. The number of rotatable bonds is 15. The fraction of sp³-hybridized carbons (Fsp3) is 0.450. The van der Waals surface area contributed by atoms with Crippen molar-refractivity contribution in [3.05, 3.63) is 91.4 Å². The van der Waals surface area contributed by atoms with Crippen molar-refractivity contribution >= 4 is 28.4 Å². The van der Waals surface area contributed by atoms with Crippen molar-refractivity contribution in [1.82, 2.24) is 0 Å². The zero-order valence-corrected chi connectivity index (χ0v) is 29.0. The predicted molar refractivity (Wildman–Crippen MR) is 191 cm³/mol. The van der Waals surface area contributed by atoms with Crippen LogP contribution in [0.25, 0.3) is 16.7 Å². The van der Waals surface area contributed by atoms with Crippen LogP contribution in [-0.4, -0.2) is 46.9 Å². The lowest BCUT2D eigenvalue weighted by atomic mass is 9.77. The highest BCUT2D eigenvalue weighted by Crippen LogP contribution is 2.45. The molecule has 0 radical (unpaired) electrons. The average Bonchev–Trinajstić information content (AvgIpc) is 3.26. The normalized spacial score (nSPS) is 16.4. The molecule has 0 unspecified atom stereocenters. The Morgan fingerprint density at radius 2 is 1.49 bits per heavy atom. The third-order valence-electron chi connectivity index (χ3n) is 9.46. The van der Waals surface area contributed by atoms with E-state index in [1.807, 2.05) is 50.3 Å². The Kier molecular flexibility index (Phi) is 10.0. The van der Waals surface area contributed by atoms with Crippen molar-refractivity contribution in [2.75, 3.05) is 24.5 Å². The van der Waals surface area contributed by atoms with Crippen LogP contribution in [0.15, 0.2) is 69.5 Å². The quantitative estimate of drug-likeness (QED) is 0.104. The zero-order chi connectivity index (χ0) is 34.0. The van der Waals surface area contributed by atoms with E-state index in [0.717, 1.165) is 86.4 Å². The molecule has 7 heteroatoms. The maximum absolute atomic E-state index is 13.6. The Balaban J connectivity index is 1.48. The van der Waals surface area contributed by atoms with Gasteiger partial charge in [0.25, 0.3) is 5.43 Å². The van der Waals surface area contributed by atoms with Gasteiger partial charge in [-0.25, -0.2) is 0 Å². The van der Waals surface area contributed by atoms with Gasteiger partial charge in [-0.3, -0.25) is 14.4 Å². The highest BCUT2D eigenvalue weighted by atomic mass is 16.5. The van der Waals surface area contributed by atoms with Crippen molar-refractivity contribution in [1.29, 1.82) is 0 Å². The van der Waals surface area contributed by atoms with Gasteiger partial charge in [0.05, 0.1) is 28.2 Å². The van der Waals surface area contributed by atoms with E-state index < -0.39 is 16.3 Å². The molecule has 5 rings (SSSR count). The lowest BCUT2D eigenvalue weighted by molar-refractivity contribution is -0.438. The number of benzene rings is 2. The van der Waals surface area contributed by atoms with Gasteiger partial charge in [0, 0.05) is 42.9 Å². The largest absolute Gasteiger partial charge is 0.506 e. The summed E-state index contributed by atoms with van der Waals surface area (Å²) in [7, 11) is 0. The minimum Gasteiger partial charge on any atom is -0.506 e. The van der Waals surface area contributed by atoms with Gasteiger partial charge in [0.1, 0.15) is 12.3 Å². The molecule has 3 aromatic carbocycles. The number of ketones is 1. The van der Waals surface area contributed by atoms with E-state index in [1.165, 1.54) is 0 Å². The minimum atomic E-state index is -0.587. The smallest absolute Gasteiger partial charge is 0.268 e. The molecule has 1 N–H and O–H groups in total. The number of nitrogens with zero attached hydrogens (tertiary/aromatic N) is 2. The lowest BCUT2D eigenvalue weighted by Gasteiger charge is -2.26. The van der Waals surface area contributed by atoms with Crippen molar-refractivity contribution in [2.45, 2.75) is 98.5 Å². The third-order valence-corrected chi connectivity index (χ3v) is 9.46. The van der Waals surface area contributed by atoms with Gasteiger partial charge >= 0.3 is 0 Å². The second-order valence-corrected chi connectivity index (χ2v) is 13.6. The molecule has 0 atom stereocenters. The molecule has 47 heavy (non-hydrogen) atoms. The van der Waals surface area contributed by atoms with Crippen LogP contribution < -0.4 is 20.5 Å². The molecule has 1 aliphatic heterocycles. The summed E-state index contributed by atoms with van der Waals surface area (Å²) in [4.78, 5) is 41.0. The molecule has 0 amide bonds. The maximum atomic E-state index is 13.6. The Bertz CT molecular complexity index is 1820. The number of ether oxygens (including phenoxy) is 1. The molecule has 1 aliphatic carbocycles. The number of aliphatic hydroxyl groups excluding tert-OH is 1. The topological polar surface area (TPSA) is 86.9 Å². The Morgan fingerprint density at radius 3 is 2.06 bits per heavy atom. The Labute approximate surface area is 278 Å². The lowest BCUT2D eigenvalue weighted by Crippen LogP contribution is -2.36. The van der Waals surface area contributed by atoms with Crippen molar-refractivity contribution in [2.24, 2.45) is 0 Å². The number of aliphatic hydroxyl groups is 1. The first-order valence-electron chi connectivity index (χ1n) is 17.3. The van der Waals surface area contributed by atoms with E-state index in [9.17, 15) is 19.5 Å². The molecule has 1 heterocycles. The number of unbranched alkanes of at least 4 members (excludes halogenated alkanes) is 3. The van der Waals surface area contributed by atoms with Crippen LogP contribution in [0.5, 0.6) is 5.75 Å². The number of carbonyl (C=O) groups excluding carboxylic acids is 1. The van der Waals surface area contributed by atoms with E-state index in [1.54, 1.807) is 0 Å². The second kappa shape index (κ2) is 13.8. The van der Waals surface area contributed by atoms with Crippen LogP contribution >= 0.6 is 0 Å². The molecule has 0 aromatic heterocycles. The van der Waals surface area contributed by atoms with E-state index >= 15 is 0 Å². The number of hydrogen-bond acceptors (Lipinski definition) is 6. The number of anilines is 1. The Hall–Kier alpha value is -4.26. The molecule has 0 spiro atoms. The molecule has 3 aromatic rings. The summed E-state index contributed by atoms with van der Waals surface area (Å²) in [5, 5.41) is 11.3. The molecule has 2 aliphatic rings. The van der Waals surface area contributed by atoms with E-state index in [-0.39, 0.29) is 23.4 Å².